The molecule has 2 aliphatic heterocycles. The van der Waals surface area contributed by atoms with Crippen molar-refractivity contribution in [1.82, 2.24) is 15.5 Å². The second-order valence-corrected chi connectivity index (χ2v) is 12.1. The lowest BCUT2D eigenvalue weighted by Gasteiger charge is -2.38. The van der Waals surface area contributed by atoms with E-state index in [1.54, 1.807) is 4.90 Å². The fraction of sp³-hybridized carbons (Fsp3) is 0.515. The quantitative estimate of drug-likeness (QED) is 0.511. The summed E-state index contributed by atoms with van der Waals surface area (Å²) in [5.41, 5.74) is 5.41. The predicted octanol–water partition coefficient (Wildman–Crippen LogP) is 5.85. The Morgan fingerprint density at radius 3 is 2.50 bits per heavy atom. The van der Waals surface area contributed by atoms with Crippen LogP contribution in [0.15, 0.2) is 60.8 Å². The van der Waals surface area contributed by atoms with E-state index in [0.717, 1.165) is 29.7 Å². The molecule has 4 aliphatic rings. The van der Waals surface area contributed by atoms with Gasteiger partial charge in [-0.05, 0) is 92.4 Å². The highest BCUT2D eigenvalue weighted by molar-refractivity contribution is 6.01. The molecule has 38 heavy (non-hydrogen) atoms. The molecular formula is C33H41N3O2. The normalized spacial score (nSPS) is 29.7. The fourth-order valence-corrected chi connectivity index (χ4v) is 7.43. The Balaban J connectivity index is 1.07. The molecule has 2 aromatic rings. The standard InChI is InChI=1S/C33H41N3O2/c1-22-11-18-31(32(37)34-22)36-21-27-20-23(12-17-29(27)33(36)38)19-26-9-5-6-10-30(26)35-28-15-13-25(14-16-28)24-7-3-2-4-8-24/h2-4,7-8,12,17,20,25-26,28,30-31,35H,1,5-6,9-11,13-16,18-19,21H2,(H,34,37)/t25?,26-,28?,30+,31?/m1/s1. The molecule has 2 saturated carbocycles. The molecule has 5 heteroatoms. The van der Waals surface area contributed by atoms with Gasteiger partial charge in [0.1, 0.15) is 6.04 Å². The van der Waals surface area contributed by atoms with Gasteiger partial charge in [-0.3, -0.25) is 9.59 Å². The lowest BCUT2D eigenvalue weighted by Crippen LogP contribution is -2.49. The average molecular weight is 512 g/mol. The Bertz CT molecular complexity index is 1180. The number of allylic oxidation sites excluding steroid dienone is 1. The van der Waals surface area contributed by atoms with Crippen LogP contribution >= 0.6 is 0 Å². The summed E-state index contributed by atoms with van der Waals surface area (Å²) in [6, 6.07) is 18.2. The Morgan fingerprint density at radius 1 is 0.921 bits per heavy atom. The summed E-state index contributed by atoms with van der Waals surface area (Å²) >= 11 is 0. The second kappa shape index (κ2) is 11.1. The van der Waals surface area contributed by atoms with Gasteiger partial charge in [0.2, 0.25) is 5.91 Å². The number of carbonyl (C=O) groups is 2. The fourth-order valence-electron chi connectivity index (χ4n) is 7.43. The second-order valence-electron chi connectivity index (χ2n) is 12.1. The molecule has 1 saturated heterocycles. The van der Waals surface area contributed by atoms with E-state index in [1.807, 2.05) is 6.07 Å². The summed E-state index contributed by atoms with van der Waals surface area (Å²) in [7, 11) is 0. The third-order valence-corrected chi connectivity index (χ3v) is 9.55. The predicted molar refractivity (Wildman–Crippen MR) is 151 cm³/mol. The van der Waals surface area contributed by atoms with Gasteiger partial charge in [-0.25, -0.2) is 0 Å². The van der Waals surface area contributed by atoms with Crippen LogP contribution in [0.25, 0.3) is 0 Å². The van der Waals surface area contributed by atoms with Crippen LogP contribution in [0.5, 0.6) is 0 Å². The molecule has 2 aliphatic carbocycles. The van der Waals surface area contributed by atoms with E-state index in [-0.39, 0.29) is 11.8 Å². The number of hydrogen-bond acceptors (Lipinski definition) is 3. The monoisotopic (exact) mass is 511 g/mol. The van der Waals surface area contributed by atoms with Gasteiger partial charge >= 0.3 is 0 Å². The first kappa shape index (κ1) is 25.4. The van der Waals surface area contributed by atoms with Crippen LogP contribution in [0.3, 0.4) is 0 Å². The number of benzene rings is 2. The van der Waals surface area contributed by atoms with E-state index >= 15 is 0 Å². The third-order valence-electron chi connectivity index (χ3n) is 9.55. The summed E-state index contributed by atoms with van der Waals surface area (Å²) in [6.07, 6.45) is 12.7. The lowest BCUT2D eigenvalue weighted by molar-refractivity contribution is -0.126. The van der Waals surface area contributed by atoms with Crippen molar-refractivity contribution < 1.29 is 9.59 Å². The molecule has 2 heterocycles. The van der Waals surface area contributed by atoms with Crippen LogP contribution in [-0.4, -0.2) is 34.8 Å². The number of nitrogens with one attached hydrogen (secondary N) is 2. The molecule has 0 spiro atoms. The number of nitrogens with zero attached hydrogens (tertiary/aromatic N) is 1. The molecular weight excluding hydrogens is 470 g/mol. The van der Waals surface area contributed by atoms with E-state index in [4.69, 9.17) is 0 Å². The molecule has 0 bridgehead atoms. The number of carbonyl (C=O) groups excluding carboxylic acids is 2. The van der Waals surface area contributed by atoms with Crippen LogP contribution in [0.2, 0.25) is 0 Å². The Morgan fingerprint density at radius 2 is 1.71 bits per heavy atom. The van der Waals surface area contributed by atoms with E-state index in [9.17, 15) is 9.59 Å². The number of amides is 2. The zero-order valence-electron chi connectivity index (χ0n) is 22.5. The van der Waals surface area contributed by atoms with Crippen LogP contribution in [0.4, 0.5) is 0 Å². The van der Waals surface area contributed by atoms with Crippen LogP contribution < -0.4 is 10.6 Å². The molecule has 6 rings (SSSR count). The van der Waals surface area contributed by atoms with Crippen LogP contribution in [0, 0.1) is 5.92 Å². The number of piperidine rings is 1. The molecule has 2 aromatic carbocycles. The first-order valence-corrected chi connectivity index (χ1v) is 14.8. The minimum atomic E-state index is -0.396. The van der Waals surface area contributed by atoms with Gasteiger partial charge in [-0.15, -0.1) is 0 Å². The lowest BCUT2D eigenvalue weighted by atomic mass is 9.78. The molecule has 1 unspecified atom stereocenters. The van der Waals surface area contributed by atoms with Gasteiger partial charge in [0.05, 0.1) is 0 Å². The number of rotatable bonds is 6. The van der Waals surface area contributed by atoms with Crippen LogP contribution in [0.1, 0.15) is 97.2 Å². The van der Waals surface area contributed by atoms with E-state index in [2.05, 4.69) is 59.7 Å². The maximum absolute atomic E-state index is 13.1. The highest BCUT2D eigenvalue weighted by atomic mass is 16.2. The summed E-state index contributed by atoms with van der Waals surface area (Å²) < 4.78 is 0. The molecule has 200 valence electrons. The Kier molecular flexibility index (Phi) is 7.38. The van der Waals surface area contributed by atoms with Crippen molar-refractivity contribution in [3.63, 3.8) is 0 Å². The maximum atomic E-state index is 13.1. The van der Waals surface area contributed by atoms with Crippen molar-refractivity contribution in [3.8, 4) is 0 Å². The smallest absolute Gasteiger partial charge is 0.255 e. The van der Waals surface area contributed by atoms with Gasteiger partial charge in [0.15, 0.2) is 0 Å². The maximum Gasteiger partial charge on any atom is 0.255 e. The summed E-state index contributed by atoms with van der Waals surface area (Å²) in [4.78, 5) is 27.4. The van der Waals surface area contributed by atoms with Gasteiger partial charge in [0.25, 0.3) is 5.91 Å². The van der Waals surface area contributed by atoms with E-state index in [0.29, 0.717) is 36.9 Å². The zero-order chi connectivity index (χ0) is 26.1. The topological polar surface area (TPSA) is 61.4 Å². The van der Waals surface area contributed by atoms with E-state index < -0.39 is 6.04 Å². The zero-order valence-corrected chi connectivity index (χ0v) is 22.5. The number of fused-ring (bicyclic) bond motifs is 1. The highest BCUT2D eigenvalue weighted by Gasteiger charge is 2.38. The molecule has 2 amide bonds. The van der Waals surface area contributed by atoms with Crippen molar-refractivity contribution in [3.05, 3.63) is 83.1 Å². The summed E-state index contributed by atoms with van der Waals surface area (Å²) in [5.74, 6) is 1.24. The van der Waals surface area contributed by atoms with Gasteiger partial charge < -0.3 is 15.5 Å². The number of hydrogen-bond donors (Lipinski definition) is 2. The van der Waals surface area contributed by atoms with Gasteiger partial charge in [0, 0.05) is 29.9 Å². The average Bonchev–Trinajstić information content (AvgIpc) is 3.26. The largest absolute Gasteiger partial charge is 0.329 e. The van der Waals surface area contributed by atoms with E-state index in [1.165, 1.54) is 62.5 Å². The third kappa shape index (κ3) is 5.31. The molecule has 3 atom stereocenters. The Hall–Kier alpha value is -2.92. The van der Waals surface area contributed by atoms with Crippen LogP contribution in [-0.2, 0) is 17.8 Å². The first-order valence-electron chi connectivity index (χ1n) is 14.8. The first-order chi connectivity index (χ1) is 18.5. The molecule has 2 N–H and O–H groups in total. The highest BCUT2D eigenvalue weighted by Crippen LogP contribution is 2.36. The summed E-state index contributed by atoms with van der Waals surface area (Å²) in [5, 5.41) is 6.94. The minimum Gasteiger partial charge on any atom is -0.329 e. The molecule has 3 fully saturated rings. The van der Waals surface area contributed by atoms with Crippen molar-refractivity contribution in [1.29, 1.82) is 0 Å². The van der Waals surface area contributed by atoms with Crippen molar-refractivity contribution in [2.24, 2.45) is 5.92 Å². The molecule has 5 nitrogen and oxygen atoms in total. The SMILES string of the molecule is C=C1CCC(N2Cc3cc(C[C@H]4CCCC[C@@H]4NC4CCC(c5ccccc5)CC4)ccc3C2=O)C(=O)N1. The van der Waals surface area contributed by atoms with Crippen molar-refractivity contribution >= 4 is 11.8 Å². The summed E-state index contributed by atoms with van der Waals surface area (Å²) in [6.45, 7) is 4.40. The van der Waals surface area contributed by atoms with Gasteiger partial charge in [-0.1, -0.05) is 61.9 Å². The minimum absolute atomic E-state index is 0.0115. The molecule has 0 radical (unpaired) electrons. The Labute approximate surface area is 227 Å². The van der Waals surface area contributed by atoms with Gasteiger partial charge in [-0.2, -0.15) is 0 Å². The molecule has 0 aromatic heterocycles. The van der Waals surface area contributed by atoms with Crippen molar-refractivity contribution in [2.45, 2.75) is 101 Å². The van der Waals surface area contributed by atoms with Crippen molar-refractivity contribution in [2.75, 3.05) is 0 Å².